The molecule has 0 aliphatic carbocycles. The van der Waals surface area contributed by atoms with E-state index in [1.54, 1.807) is 12.1 Å². The number of halogens is 1. The number of nitrogens with zero attached hydrogens (tertiary/aromatic N) is 2. The van der Waals surface area contributed by atoms with Crippen LogP contribution in [-0.4, -0.2) is 28.7 Å². The molecule has 2 aromatic rings. The van der Waals surface area contributed by atoms with E-state index in [4.69, 9.17) is 0 Å². The molecule has 0 saturated carbocycles. The highest BCUT2D eigenvalue weighted by Crippen LogP contribution is 2.08. The molecule has 0 saturated heterocycles. The summed E-state index contributed by atoms with van der Waals surface area (Å²) in [6, 6.07) is 6.17. The van der Waals surface area contributed by atoms with E-state index < -0.39 is 0 Å². The van der Waals surface area contributed by atoms with Gasteiger partial charge in [-0.15, -0.1) is 0 Å². The lowest BCUT2D eigenvalue weighted by Gasteiger charge is -2.14. The van der Waals surface area contributed by atoms with Crippen molar-refractivity contribution in [2.75, 3.05) is 13.6 Å². The third kappa shape index (κ3) is 4.73. The molecule has 0 atom stereocenters. The summed E-state index contributed by atoms with van der Waals surface area (Å²) in [4.78, 5) is 2.26. The monoisotopic (exact) mass is 285 g/mol. The lowest BCUT2D eigenvalue weighted by atomic mass is 10.2. The zero-order valence-electron chi connectivity index (χ0n) is 12.5. The average Bonchev–Trinajstić information content (AvgIpc) is 2.92. The fourth-order valence-corrected chi connectivity index (χ4v) is 2.00. The van der Waals surface area contributed by atoms with Crippen LogP contribution < -0.4 is 0 Å². The van der Waals surface area contributed by atoms with E-state index in [1.165, 1.54) is 25.0 Å². The van der Waals surface area contributed by atoms with Crippen molar-refractivity contribution >= 4 is 0 Å². The van der Waals surface area contributed by atoms with E-state index in [-0.39, 0.29) is 5.82 Å². The van der Waals surface area contributed by atoms with Gasteiger partial charge in [0.05, 0.1) is 6.20 Å². The van der Waals surface area contributed by atoms with Gasteiger partial charge in [0.2, 0.25) is 0 Å². The topological polar surface area (TPSA) is 31.9 Å². The maximum Gasteiger partial charge on any atom is 0.123 e. The number of H-pyrrole nitrogens is 1. The minimum Gasteiger partial charge on any atom is -0.302 e. The van der Waals surface area contributed by atoms with E-state index in [0.29, 0.717) is 0 Å². The van der Waals surface area contributed by atoms with E-state index in [2.05, 4.69) is 40.9 Å². The fraction of sp³-hybridized carbons (Fsp3) is 0.353. The number of aromatic amines is 1. The fourth-order valence-electron chi connectivity index (χ4n) is 2.00. The summed E-state index contributed by atoms with van der Waals surface area (Å²) in [6.07, 6.45) is 4.19. The van der Waals surface area contributed by atoms with Gasteiger partial charge < -0.3 is 4.90 Å². The summed E-state index contributed by atoms with van der Waals surface area (Å²) in [7, 11) is 2.10. The van der Waals surface area contributed by atoms with Gasteiger partial charge in [-0.3, -0.25) is 5.10 Å². The summed E-state index contributed by atoms with van der Waals surface area (Å²) in [6.45, 7) is 4.07. The van der Waals surface area contributed by atoms with Crippen molar-refractivity contribution in [2.24, 2.45) is 0 Å². The maximum absolute atomic E-state index is 12.8. The van der Waals surface area contributed by atoms with Gasteiger partial charge in [0.1, 0.15) is 11.5 Å². The molecule has 0 amide bonds. The molecule has 2 rings (SSSR count). The Morgan fingerprint density at radius 3 is 2.71 bits per heavy atom. The Bertz CT molecular complexity index is 619. The molecule has 0 aliphatic rings. The predicted molar refractivity (Wildman–Crippen MR) is 82.2 cm³/mol. The predicted octanol–water partition coefficient (Wildman–Crippen LogP) is 3.18. The molecule has 21 heavy (non-hydrogen) atoms. The van der Waals surface area contributed by atoms with E-state index in [1.807, 2.05) is 6.20 Å². The Balaban J connectivity index is 2.05. The Labute approximate surface area is 125 Å². The minimum absolute atomic E-state index is 0.250. The van der Waals surface area contributed by atoms with Crippen LogP contribution in [0.2, 0.25) is 0 Å². The molecule has 1 aromatic heterocycles. The smallest absolute Gasteiger partial charge is 0.123 e. The van der Waals surface area contributed by atoms with Gasteiger partial charge in [0, 0.05) is 17.7 Å². The third-order valence-corrected chi connectivity index (χ3v) is 3.23. The highest BCUT2D eigenvalue weighted by atomic mass is 19.1. The van der Waals surface area contributed by atoms with Crippen molar-refractivity contribution in [1.82, 2.24) is 15.1 Å². The normalized spacial score (nSPS) is 10.5. The first-order chi connectivity index (χ1) is 10.2. The molecule has 0 aliphatic heterocycles. The molecule has 1 aromatic carbocycles. The third-order valence-electron chi connectivity index (χ3n) is 3.23. The van der Waals surface area contributed by atoms with Crippen molar-refractivity contribution < 1.29 is 4.39 Å². The summed E-state index contributed by atoms with van der Waals surface area (Å²) in [5, 5.41) is 6.99. The Kier molecular flexibility index (Phi) is 5.53. The van der Waals surface area contributed by atoms with Crippen molar-refractivity contribution in [1.29, 1.82) is 0 Å². The van der Waals surface area contributed by atoms with Crippen molar-refractivity contribution in [3.8, 4) is 11.8 Å². The number of rotatable bonds is 5. The number of hydrogen-bond donors (Lipinski definition) is 1. The second-order valence-electron chi connectivity index (χ2n) is 5.12. The second kappa shape index (κ2) is 7.61. The van der Waals surface area contributed by atoms with Gasteiger partial charge >= 0.3 is 0 Å². The van der Waals surface area contributed by atoms with E-state index >= 15 is 0 Å². The van der Waals surface area contributed by atoms with Crippen LogP contribution in [0.1, 0.15) is 36.6 Å². The number of benzene rings is 1. The first-order valence-electron chi connectivity index (χ1n) is 7.17. The second-order valence-corrected chi connectivity index (χ2v) is 5.12. The van der Waals surface area contributed by atoms with Crippen LogP contribution in [0.25, 0.3) is 0 Å². The van der Waals surface area contributed by atoms with Crippen molar-refractivity contribution in [3.63, 3.8) is 0 Å². The van der Waals surface area contributed by atoms with Crippen LogP contribution in [0.15, 0.2) is 30.5 Å². The maximum atomic E-state index is 12.8. The van der Waals surface area contributed by atoms with Gasteiger partial charge in [-0.1, -0.05) is 19.3 Å². The molecule has 0 bridgehead atoms. The van der Waals surface area contributed by atoms with Crippen LogP contribution in [0, 0.1) is 17.7 Å². The standard InChI is InChI=1S/C17H20FN3/c1-3-4-11-21(2)13-15-12-19-20-17(15)10-7-14-5-8-16(18)9-6-14/h5-6,8-9,12H,3-4,11,13H2,1-2H3,(H,19,20). The first kappa shape index (κ1) is 15.3. The zero-order valence-corrected chi connectivity index (χ0v) is 12.5. The van der Waals surface area contributed by atoms with Crippen molar-refractivity contribution in [3.05, 3.63) is 53.1 Å². The molecule has 1 heterocycles. The van der Waals surface area contributed by atoms with Crippen LogP contribution >= 0.6 is 0 Å². The molecule has 1 N–H and O–H groups in total. The first-order valence-corrected chi connectivity index (χ1v) is 7.17. The summed E-state index contributed by atoms with van der Waals surface area (Å²) in [5.74, 6) is 5.85. The van der Waals surface area contributed by atoms with Crippen LogP contribution in [0.4, 0.5) is 4.39 Å². The number of hydrogen-bond acceptors (Lipinski definition) is 2. The largest absolute Gasteiger partial charge is 0.302 e. The molecule has 0 fully saturated rings. The lowest BCUT2D eigenvalue weighted by Crippen LogP contribution is -2.19. The van der Waals surface area contributed by atoms with Gasteiger partial charge in [-0.2, -0.15) is 5.10 Å². The number of aromatic nitrogens is 2. The molecular formula is C17H20FN3. The van der Waals surface area contributed by atoms with Gasteiger partial charge in [0.15, 0.2) is 0 Å². The Morgan fingerprint density at radius 1 is 1.24 bits per heavy atom. The van der Waals surface area contributed by atoms with Crippen molar-refractivity contribution in [2.45, 2.75) is 26.3 Å². The molecule has 110 valence electrons. The lowest BCUT2D eigenvalue weighted by molar-refractivity contribution is 0.320. The highest BCUT2D eigenvalue weighted by Gasteiger charge is 2.06. The highest BCUT2D eigenvalue weighted by molar-refractivity contribution is 5.42. The molecule has 3 nitrogen and oxygen atoms in total. The summed E-state index contributed by atoms with van der Waals surface area (Å²) < 4.78 is 12.8. The van der Waals surface area contributed by atoms with E-state index in [9.17, 15) is 4.39 Å². The summed E-state index contributed by atoms with van der Waals surface area (Å²) in [5.41, 5.74) is 2.70. The van der Waals surface area contributed by atoms with Gasteiger partial charge in [0.25, 0.3) is 0 Å². The van der Waals surface area contributed by atoms with Crippen LogP contribution in [-0.2, 0) is 6.54 Å². The Hall–Kier alpha value is -2.12. The molecule has 0 spiro atoms. The van der Waals surface area contributed by atoms with E-state index in [0.717, 1.165) is 29.9 Å². The zero-order chi connectivity index (χ0) is 15.1. The number of nitrogens with one attached hydrogen (secondary N) is 1. The SMILES string of the molecule is CCCCN(C)Cc1cn[nH]c1C#Cc1ccc(F)cc1. The Morgan fingerprint density at radius 2 is 2.00 bits per heavy atom. The van der Waals surface area contributed by atoms with Crippen LogP contribution in [0.5, 0.6) is 0 Å². The number of unbranched alkanes of at least 4 members (excludes halogenated alkanes) is 1. The molecule has 4 heteroatoms. The molecule has 0 unspecified atom stereocenters. The quantitative estimate of drug-likeness (QED) is 0.856. The van der Waals surface area contributed by atoms with Gasteiger partial charge in [-0.25, -0.2) is 4.39 Å². The van der Waals surface area contributed by atoms with Crippen LogP contribution in [0.3, 0.4) is 0 Å². The van der Waals surface area contributed by atoms with Gasteiger partial charge in [-0.05, 0) is 50.2 Å². The average molecular weight is 285 g/mol. The summed E-state index contributed by atoms with van der Waals surface area (Å²) >= 11 is 0. The minimum atomic E-state index is -0.250. The molecule has 0 radical (unpaired) electrons. The molecular weight excluding hydrogens is 265 g/mol.